The van der Waals surface area contributed by atoms with Crippen LogP contribution in [0.4, 0.5) is 5.69 Å². The molecule has 1 fully saturated rings. The number of anilines is 1. The molecule has 1 aliphatic heterocycles. The van der Waals surface area contributed by atoms with Crippen LogP contribution in [-0.2, 0) is 0 Å². The van der Waals surface area contributed by atoms with Crippen molar-refractivity contribution >= 4 is 5.69 Å². The highest BCUT2D eigenvalue weighted by Crippen LogP contribution is 2.27. The molecule has 0 spiro atoms. The van der Waals surface area contributed by atoms with Crippen LogP contribution in [-0.4, -0.2) is 43.7 Å². The van der Waals surface area contributed by atoms with Crippen LogP contribution >= 0.6 is 0 Å². The van der Waals surface area contributed by atoms with Gasteiger partial charge < -0.3 is 14.5 Å². The van der Waals surface area contributed by atoms with Crippen LogP contribution < -0.4 is 9.64 Å². The van der Waals surface area contributed by atoms with Crippen molar-refractivity contribution in [2.45, 2.75) is 33.3 Å². The predicted molar refractivity (Wildman–Crippen MR) is 81.3 cm³/mol. The summed E-state index contributed by atoms with van der Waals surface area (Å²) in [6.07, 6.45) is 0. The number of likely N-dealkylation sites (N-methyl/N-ethyl adjacent to an activating group) is 1. The van der Waals surface area contributed by atoms with E-state index in [4.69, 9.17) is 4.74 Å². The quantitative estimate of drug-likeness (QED) is 0.815. The highest BCUT2D eigenvalue weighted by Gasteiger charge is 2.17. The van der Waals surface area contributed by atoms with Crippen molar-refractivity contribution in [3.8, 4) is 5.75 Å². The molecule has 0 N–H and O–H groups in total. The molecule has 0 bridgehead atoms. The number of hydrogen-bond donors (Lipinski definition) is 0. The van der Waals surface area contributed by atoms with Crippen molar-refractivity contribution in [1.82, 2.24) is 4.90 Å². The summed E-state index contributed by atoms with van der Waals surface area (Å²) in [4.78, 5) is 4.85. The number of benzene rings is 1. The molecule has 1 aliphatic rings. The van der Waals surface area contributed by atoms with Crippen molar-refractivity contribution in [1.29, 1.82) is 0 Å². The minimum absolute atomic E-state index is 0.137. The van der Waals surface area contributed by atoms with E-state index in [1.807, 2.05) is 0 Å². The van der Waals surface area contributed by atoms with Gasteiger partial charge in [0.2, 0.25) is 0 Å². The lowest BCUT2D eigenvalue weighted by Gasteiger charge is -2.35. The Kier molecular flexibility index (Phi) is 4.04. The standard InChI is InChI=1S/C16H26N2O/c1-13-12-14(19-16(2,3)4)6-7-15(13)18-10-8-17(5)9-11-18/h6-7,12H,8-11H2,1-5H3. The number of hydrogen-bond acceptors (Lipinski definition) is 3. The summed E-state index contributed by atoms with van der Waals surface area (Å²) in [6.45, 7) is 12.9. The van der Waals surface area contributed by atoms with Crippen LogP contribution in [0.25, 0.3) is 0 Å². The van der Waals surface area contributed by atoms with E-state index in [-0.39, 0.29) is 5.60 Å². The topological polar surface area (TPSA) is 15.7 Å². The summed E-state index contributed by atoms with van der Waals surface area (Å²) in [7, 11) is 2.18. The van der Waals surface area contributed by atoms with Gasteiger partial charge >= 0.3 is 0 Å². The molecular formula is C16H26N2O. The van der Waals surface area contributed by atoms with Crippen LogP contribution in [0.1, 0.15) is 26.3 Å². The largest absolute Gasteiger partial charge is 0.488 e. The fourth-order valence-corrected chi connectivity index (χ4v) is 2.45. The van der Waals surface area contributed by atoms with E-state index in [0.29, 0.717) is 0 Å². The summed E-state index contributed by atoms with van der Waals surface area (Å²) < 4.78 is 5.92. The molecule has 0 atom stereocenters. The lowest BCUT2D eigenvalue weighted by molar-refractivity contribution is 0.131. The molecule has 1 aromatic rings. The second-order valence-corrected chi connectivity index (χ2v) is 6.45. The molecular weight excluding hydrogens is 236 g/mol. The van der Waals surface area contributed by atoms with Gasteiger partial charge in [0, 0.05) is 31.9 Å². The van der Waals surface area contributed by atoms with Gasteiger partial charge in [0.1, 0.15) is 11.4 Å². The molecule has 0 unspecified atom stereocenters. The monoisotopic (exact) mass is 262 g/mol. The summed E-state index contributed by atoms with van der Waals surface area (Å²) in [6, 6.07) is 6.44. The number of piperazine rings is 1. The predicted octanol–water partition coefficient (Wildman–Crippen LogP) is 2.92. The zero-order chi connectivity index (χ0) is 14.0. The third-order valence-electron chi connectivity index (χ3n) is 3.44. The molecule has 3 nitrogen and oxygen atoms in total. The van der Waals surface area contributed by atoms with Gasteiger partial charge in [-0.3, -0.25) is 0 Å². The summed E-state index contributed by atoms with van der Waals surface area (Å²) in [5, 5.41) is 0. The molecule has 0 radical (unpaired) electrons. The van der Waals surface area contributed by atoms with Crippen molar-refractivity contribution in [2.75, 3.05) is 38.1 Å². The van der Waals surface area contributed by atoms with E-state index < -0.39 is 0 Å². The van der Waals surface area contributed by atoms with Crippen LogP contribution in [0.15, 0.2) is 18.2 Å². The smallest absolute Gasteiger partial charge is 0.120 e. The van der Waals surface area contributed by atoms with Gasteiger partial charge in [0.05, 0.1) is 0 Å². The first-order chi connectivity index (χ1) is 8.85. The summed E-state index contributed by atoms with van der Waals surface area (Å²) in [5.74, 6) is 0.961. The minimum Gasteiger partial charge on any atom is -0.488 e. The molecule has 3 heteroatoms. The maximum Gasteiger partial charge on any atom is 0.120 e. The first-order valence-electron chi connectivity index (χ1n) is 7.08. The number of ether oxygens (including phenoxy) is 1. The van der Waals surface area contributed by atoms with Crippen LogP contribution in [0.5, 0.6) is 5.75 Å². The van der Waals surface area contributed by atoms with E-state index >= 15 is 0 Å². The van der Waals surface area contributed by atoms with Crippen LogP contribution in [0.3, 0.4) is 0 Å². The minimum atomic E-state index is -0.137. The molecule has 0 aliphatic carbocycles. The third kappa shape index (κ3) is 3.87. The number of nitrogens with zero attached hydrogens (tertiary/aromatic N) is 2. The van der Waals surface area contributed by atoms with E-state index in [9.17, 15) is 0 Å². The van der Waals surface area contributed by atoms with Gasteiger partial charge in [-0.25, -0.2) is 0 Å². The Morgan fingerprint density at radius 3 is 2.21 bits per heavy atom. The number of rotatable bonds is 2. The highest BCUT2D eigenvalue weighted by molar-refractivity contribution is 5.56. The molecule has 19 heavy (non-hydrogen) atoms. The highest BCUT2D eigenvalue weighted by atomic mass is 16.5. The van der Waals surface area contributed by atoms with Crippen molar-refractivity contribution < 1.29 is 4.74 Å². The van der Waals surface area contributed by atoms with Crippen LogP contribution in [0.2, 0.25) is 0 Å². The molecule has 0 saturated carbocycles. The zero-order valence-electron chi connectivity index (χ0n) is 12.9. The molecule has 2 rings (SSSR count). The fraction of sp³-hybridized carbons (Fsp3) is 0.625. The van der Waals surface area contributed by atoms with Crippen molar-refractivity contribution in [2.24, 2.45) is 0 Å². The van der Waals surface area contributed by atoms with Crippen molar-refractivity contribution in [3.63, 3.8) is 0 Å². The van der Waals surface area contributed by atoms with Gasteiger partial charge in [0.25, 0.3) is 0 Å². The SMILES string of the molecule is Cc1cc(OC(C)(C)C)ccc1N1CCN(C)CC1. The third-order valence-corrected chi connectivity index (χ3v) is 3.44. The van der Waals surface area contributed by atoms with E-state index in [1.165, 1.54) is 11.3 Å². The average Bonchev–Trinajstić information content (AvgIpc) is 2.29. The first-order valence-corrected chi connectivity index (χ1v) is 7.08. The Bertz CT molecular complexity index is 429. The Balaban J connectivity index is 2.11. The Hall–Kier alpha value is -1.22. The van der Waals surface area contributed by atoms with Gasteiger partial charge in [-0.15, -0.1) is 0 Å². The molecule has 1 saturated heterocycles. The molecule has 106 valence electrons. The summed E-state index contributed by atoms with van der Waals surface area (Å²) in [5.41, 5.74) is 2.50. The Labute approximate surface area is 117 Å². The maximum atomic E-state index is 5.92. The molecule has 0 amide bonds. The second-order valence-electron chi connectivity index (χ2n) is 6.45. The van der Waals surface area contributed by atoms with E-state index in [0.717, 1.165) is 31.9 Å². The fourth-order valence-electron chi connectivity index (χ4n) is 2.45. The van der Waals surface area contributed by atoms with Gasteiger partial charge in [-0.05, 0) is 58.5 Å². The Morgan fingerprint density at radius 1 is 1.05 bits per heavy atom. The first kappa shape index (κ1) is 14.2. The van der Waals surface area contributed by atoms with Crippen molar-refractivity contribution in [3.05, 3.63) is 23.8 Å². The van der Waals surface area contributed by atoms with E-state index in [2.05, 4.69) is 62.7 Å². The van der Waals surface area contributed by atoms with Crippen LogP contribution in [0, 0.1) is 6.92 Å². The van der Waals surface area contributed by atoms with Gasteiger partial charge in [-0.2, -0.15) is 0 Å². The average molecular weight is 262 g/mol. The maximum absolute atomic E-state index is 5.92. The Morgan fingerprint density at radius 2 is 1.68 bits per heavy atom. The second kappa shape index (κ2) is 5.41. The number of aryl methyl sites for hydroxylation is 1. The summed E-state index contributed by atoms with van der Waals surface area (Å²) >= 11 is 0. The lowest BCUT2D eigenvalue weighted by Crippen LogP contribution is -2.44. The van der Waals surface area contributed by atoms with E-state index in [1.54, 1.807) is 0 Å². The molecule has 1 heterocycles. The lowest BCUT2D eigenvalue weighted by atomic mass is 10.1. The molecule has 1 aromatic carbocycles. The van der Waals surface area contributed by atoms with Gasteiger partial charge in [0.15, 0.2) is 0 Å². The van der Waals surface area contributed by atoms with Gasteiger partial charge in [-0.1, -0.05) is 0 Å². The molecule has 0 aromatic heterocycles. The zero-order valence-corrected chi connectivity index (χ0v) is 12.9. The normalized spacial score (nSPS) is 17.6.